The number of aryl methyl sites for hydroxylation is 1. The molecule has 1 heterocycles. The van der Waals surface area contributed by atoms with Gasteiger partial charge in [-0.3, -0.25) is 0 Å². The van der Waals surface area contributed by atoms with Crippen LogP contribution < -0.4 is 0 Å². The van der Waals surface area contributed by atoms with Crippen molar-refractivity contribution < 1.29 is 9.47 Å². The molecule has 2 rings (SSSR count). The van der Waals surface area contributed by atoms with Crippen LogP contribution in [0, 0.1) is 6.92 Å². The second-order valence-electron chi connectivity index (χ2n) is 3.33. The SMILES string of the molecule is CO[C@H]1OCCc2c(C)cccc21. The highest BCUT2D eigenvalue weighted by Gasteiger charge is 2.20. The zero-order valence-electron chi connectivity index (χ0n) is 8.04. The molecule has 0 N–H and O–H groups in total. The lowest BCUT2D eigenvalue weighted by Crippen LogP contribution is -2.18. The van der Waals surface area contributed by atoms with E-state index in [9.17, 15) is 0 Å². The highest BCUT2D eigenvalue weighted by Crippen LogP contribution is 2.29. The molecule has 1 atom stereocenters. The smallest absolute Gasteiger partial charge is 0.183 e. The van der Waals surface area contributed by atoms with E-state index in [1.54, 1.807) is 7.11 Å². The molecule has 1 aromatic rings. The summed E-state index contributed by atoms with van der Waals surface area (Å²) >= 11 is 0. The number of fused-ring (bicyclic) bond motifs is 1. The van der Waals surface area contributed by atoms with Gasteiger partial charge in [0.15, 0.2) is 6.29 Å². The number of methoxy groups -OCH3 is 1. The predicted molar refractivity (Wildman–Crippen MR) is 50.6 cm³/mol. The average molecular weight is 178 g/mol. The summed E-state index contributed by atoms with van der Waals surface area (Å²) in [5, 5.41) is 0. The first kappa shape index (κ1) is 8.73. The van der Waals surface area contributed by atoms with Gasteiger partial charge in [0.2, 0.25) is 0 Å². The summed E-state index contributed by atoms with van der Waals surface area (Å²) < 4.78 is 10.7. The van der Waals surface area contributed by atoms with E-state index in [2.05, 4.69) is 25.1 Å². The second kappa shape index (κ2) is 3.48. The molecule has 0 spiro atoms. The first-order chi connectivity index (χ1) is 6.33. The van der Waals surface area contributed by atoms with Gasteiger partial charge in [-0.1, -0.05) is 18.2 Å². The number of ether oxygens (including phenoxy) is 2. The van der Waals surface area contributed by atoms with Crippen molar-refractivity contribution in [2.75, 3.05) is 13.7 Å². The number of hydrogen-bond acceptors (Lipinski definition) is 2. The third-order valence-electron chi connectivity index (χ3n) is 2.54. The van der Waals surface area contributed by atoms with Gasteiger partial charge in [0.1, 0.15) is 0 Å². The normalized spacial score (nSPS) is 21.2. The van der Waals surface area contributed by atoms with Crippen molar-refractivity contribution in [3.8, 4) is 0 Å². The van der Waals surface area contributed by atoms with Crippen LogP contribution in [0.1, 0.15) is 23.0 Å². The zero-order chi connectivity index (χ0) is 9.26. The maximum absolute atomic E-state index is 5.49. The summed E-state index contributed by atoms with van der Waals surface area (Å²) in [5.41, 5.74) is 3.91. The van der Waals surface area contributed by atoms with Gasteiger partial charge in [-0.05, 0) is 24.5 Å². The number of benzene rings is 1. The molecule has 1 aromatic carbocycles. The van der Waals surface area contributed by atoms with Crippen molar-refractivity contribution >= 4 is 0 Å². The quantitative estimate of drug-likeness (QED) is 0.656. The molecule has 70 valence electrons. The molecule has 0 amide bonds. The lowest BCUT2D eigenvalue weighted by Gasteiger charge is -2.25. The van der Waals surface area contributed by atoms with Crippen molar-refractivity contribution in [2.45, 2.75) is 19.6 Å². The molecule has 1 aliphatic heterocycles. The molecule has 1 aliphatic rings. The predicted octanol–water partition coefficient (Wildman–Crippen LogP) is 2.21. The first-order valence-electron chi connectivity index (χ1n) is 4.55. The third kappa shape index (κ3) is 1.47. The van der Waals surface area contributed by atoms with Crippen LogP contribution in [0.25, 0.3) is 0 Å². The van der Waals surface area contributed by atoms with Crippen LogP contribution in [-0.2, 0) is 15.9 Å². The minimum absolute atomic E-state index is 0.163. The highest BCUT2D eigenvalue weighted by atomic mass is 16.7. The molecule has 0 aromatic heterocycles. The molecule has 2 nitrogen and oxygen atoms in total. The Kier molecular flexibility index (Phi) is 2.34. The summed E-state index contributed by atoms with van der Waals surface area (Å²) in [6, 6.07) is 6.27. The fourth-order valence-electron chi connectivity index (χ4n) is 1.84. The first-order valence-corrected chi connectivity index (χ1v) is 4.55. The molecule has 0 bridgehead atoms. The fraction of sp³-hybridized carbons (Fsp3) is 0.455. The van der Waals surface area contributed by atoms with Crippen LogP contribution in [0.4, 0.5) is 0 Å². The van der Waals surface area contributed by atoms with E-state index in [-0.39, 0.29) is 6.29 Å². The fourth-order valence-corrected chi connectivity index (χ4v) is 1.84. The Bertz CT molecular complexity index is 307. The van der Waals surface area contributed by atoms with E-state index < -0.39 is 0 Å². The molecule has 2 heteroatoms. The third-order valence-corrected chi connectivity index (χ3v) is 2.54. The Morgan fingerprint density at radius 1 is 1.46 bits per heavy atom. The monoisotopic (exact) mass is 178 g/mol. The maximum Gasteiger partial charge on any atom is 0.183 e. The highest BCUT2D eigenvalue weighted by molar-refractivity contribution is 5.36. The van der Waals surface area contributed by atoms with Crippen LogP contribution >= 0.6 is 0 Å². The van der Waals surface area contributed by atoms with Crippen molar-refractivity contribution in [3.05, 3.63) is 34.9 Å². The van der Waals surface area contributed by atoms with Gasteiger partial charge >= 0.3 is 0 Å². The summed E-state index contributed by atoms with van der Waals surface area (Å²) in [5.74, 6) is 0. The van der Waals surface area contributed by atoms with Crippen molar-refractivity contribution in [2.24, 2.45) is 0 Å². The number of rotatable bonds is 1. The van der Waals surface area contributed by atoms with Crippen molar-refractivity contribution in [1.82, 2.24) is 0 Å². The second-order valence-corrected chi connectivity index (χ2v) is 3.33. The molecule has 0 unspecified atom stereocenters. The van der Waals surface area contributed by atoms with Crippen LogP contribution in [-0.4, -0.2) is 13.7 Å². The van der Waals surface area contributed by atoms with Crippen LogP contribution in [0.5, 0.6) is 0 Å². The van der Waals surface area contributed by atoms with E-state index >= 15 is 0 Å². The van der Waals surface area contributed by atoms with Gasteiger partial charge in [-0.15, -0.1) is 0 Å². The van der Waals surface area contributed by atoms with Gasteiger partial charge < -0.3 is 9.47 Å². The summed E-state index contributed by atoms with van der Waals surface area (Å²) in [6.45, 7) is 2.90. The lowest BCUT2D eigenvalue weighted by molar-refractivity contribution is -0.134. The maximum atomic E-state index is 5.49. The van der Waals surface area contributed by atoms with Crippen LogP contribution in [0.3, 0.4) is 0 Å². The largest absolute Gasteiger partial charge is 0.352 e. The molecule has 0 saturated heterocycles. The molecule has 0 radical (unpaired) electrons. The lowest BCUT2D eigenvalue weighted by atomic mass is 9.97. The van der Waals surface area contributed by atoms with Gasteiger partial charge in [0, 0.05) is 12.7 Å². The van der Waals surface area contributed by atoms with Gasteiger partial charge in [0.25, 0.3) is 0 Å². The van der Waals surface area contributed by atoms with Gasteiger partial charge in [-0.25, -0.2) is 0 Å². The molecular weight excluding hydrogens is 164 g/mol. The van der Waals surface area contributed by atoms with Crippen molar-refractivity contribution in [1.29, 1.82) is 0 Å². The Morgan fingerprint density at radius 3 is 3.08 bits per heavy atom. The summed E-state index contributed by atoms with van der Waals surface area (Å²) in [6.07, 6.45) is 0.839. The van der Waals surface area contributed by atoms with Gasteiger partial charge in [0.05, 0.1) is 6.61 Å². The molecule has 0 aliphatic carbocycles. The summed E-state index contributed by atoms with van der Waals surface area (Å²) in [4.78, 5) is 0. The molecular formula is C11H14O2. The molecule has 0 fully saturated rings. The Hall–Kier alpha value is -0.860. The van der Waals surface area contributed by atoms with Crippen LogP contribution in [0.2, 0.25) is 0 Å². The van der Waals surface area contributed by atoms with E-state index in [4.69, 9.17) is 9.47 Å². The van der Waals surface area contributed by atoms with Crippen LogP contribution in [0.15, 0.2) is 18.2 Å². The number of hydrogen-bond donors (Lipinski definition) is 0. The Labute approximate surface area is 78.5 Å². The molecule has 13 heavy (non-hydrogen) atoms. The summed E-state index contributed by atoms with van der Waals surface area (Å²) in [7, 11) is 1.68. The Morgan fingerprint density at radius 2 is 2.31 bits per heavy atom. The van der Waals surface area contributed by atoms with Crippen molar-refractivity contribution in [3.63, 3.8) is 0 Å². The minimum atomic E-state index is -0.163. The van der Waals surface area contributed by atoms with E-state index in [0.717, 1.165) is 13.0 Å². The van der Waals surface area contributed by atoms with E-state index in [1.165, 1.54) is 16.7 Å². The molecule has 0 saturated carbocycles. The Balaban J connectivity index is 2.45. The van der Waals surface area contributed by atoms with E-state index in [0.29, 0.717) is 0 Å². The standard InChI is InChI=1S/C11H14O2/c1-8-4-3-5-10-9(8)6-7-13-11(10)12-2/h3-5,11H,6-7H2,1-2H3/t11-/m0/s1. The minimum Gasteiger partial charge on any atom is -0.352 e. The average Bonchev–Trinajstić information content (AvgIpc) is 2.18. The van der Waals surface area contributed by atoms with Gasteiger partial charge in [-0.2, -0.15) is 0 Å². The topological polar surface area (TPSA) is 18.5 Å². The zero-order valence-corrected chi connectivity index (χ0v) is 8.04. The van der Waals surface area contributed by atoms with E-state index in [1.807, 2.05) is 0 Å².